The number of hydrogen-bond acceptors (Lipinski definition) is 7. The van der Waals surface area contributed by atoms with E-state index in [0.717, 1.165) is 5.56 Å². The van der Waals surface area contributed by atoms with Crippen LogP contribution in [0, 0.1) is 28.4 Å². The summed E-state index contributed by atoms with van der Waals surface area (Å²) in [5.74, 6) is 0.0266. The SMILES string of the molecule is Cc1nc(N)nc(NCc2cccc(C#N)c2)c1[N+](=O)[O-]. The van der Waals surface area contributed by atoms with Gasteiger partial charge in [-0.3, -0.25) is 10.1 Å². The van der Waals surface area contributed by atoms with E-state index in [9.17, 15) is 10.1 Å². The molecule has 1 aromatic heterocycles. The Morgan fingerprint density at radius 1 is 1.48 bits per heavy atom. The Morgan fingerprint density at radius 2 is 2.24 bits per heavy atom. The highest BCUT2D eigenvalue weighted by molar-refractivity contribution is 5.60. The van der Waals surface area contributed by atoms with E-state index < -0.39 is 4.92 Å². The molecule has 8 heteroatoms. The van der Waals surface area contributed by atoms with Gasteiger partial charge in [0.15, 0.2) is 0 Å². The third-order valence-corrected chi connectivity index (χ3v) is 2.77. The summed E-state index contributed by atoms with van der Waals surface area (Å²) in [7, 11) is 0. The molecule has 0 spiro atoms. The molecule has 1 aromatic carbocycles. The lowest BCUT2D eigenvalue weighted by Gasteiger charge is -2.08. The van der Waals surface area contributed by atoms with E-state index in [1.807, 2.05) is 6.07 Å². The van der Waals surface area contributed by atoms with Gasteiger partial charge in [-0.05, 0) is 24.6 Å². The molecule has 2 rings (SSSR count). The van der Waals surface area contributed by atoms with Gasteiger partial charge in [0.2, 0.25) is 11.8 Å². The van der Waals surface area contributed by atoms with Gasteiger partial charge >= 0.3 is 5.69 Å². The number of hydrogen-bond donors (Lipinski definition) is 2. The van der Waals surface area contributed by atoms with E-state index in [0.29, 0.717) is 5.56 Å². The first-order valence-corrected chi connectivity index (χ1v) is 6.02. The number of nitrogens with zero attached hydrogens (tertiary/aromatic N) is 4. The summed E-state index contributed by atoms with van der Waals surface area (Å²) in [6, 6.07) is 8.94. The van der Waals surface area contributed by atoms with Crippen LogP contribution in [0.3, 0.4) is 0 Å². The van der Waals surface area contributed by atoms with Crippen molar-refractivity contribution in [3.8, 4) is 6.07 Å². The molecular weight excluding hydrogens is 272 g/mol. The van der Waals surface area contributed by atoms with Gasteiger partial charge in [-0.2, -0.15) is 10.2 Å². The highest BCUT2D eigenvalue weighted by Crippen LogP contribution is 2.26. The van der Waals surface area contributed by atoms with Gasteiger partial charge < -0.3 is 11.1 Å². The largest absolute Gasteiger partial charge is 0.368 e. The van der Waals surface area contributed by atoms with Crippen molar-refractivity contribution in [2.75, 3.05) is 11.1 Å². The van der Waals surface area contributed by atoms with Gasteiger partial charge in [0, 0.05) is 6.54 Å². The lowest BCUT2D eigenvalue weighted by molar-refractivity contribution is -0.385. The maximum absolute atomic E-state index is 11.1. The number of aromatic nitrogens is 2. The molecule has 0 atom stereocenters. The number of nitrogens with two attached hydrogens (primary N) is 1. The number of anilines is 2. The smallest absolute Gasteiger partial charge is 0.332 e. The second-order valence-corrected chi connectivity index (χ2v) is 4.29. The summed E-state index contributed by atoms with van der Waals surface area (Å²) in [5.41, 5.74) is 6.82. The van der Waals surface area contributed by atoms with Crippen molar-refractivity contribution in [1.29, 1.82) is 5.26 Å². The highest BCUT2D eigenvalue weighted by atomic mass is 16.6. The molecule has 0 aliphatic heterocycles. The third-order valence-electron chi connectivity index (χ3n) is 2.77. The second kappa shape index (κ2) is 5.83. The van der Waals surface area contributed by atoms with Gasteiger partial charge in [-0.15, -0.1) is 0 Å². The molecule has 0 saturated heterocycles. The average molecular weight is 284 g/mol. The van der Waals surface area contributed by atoms with Gasteiger partial charge in [-0.25, -0.2) is 4.98 Å². The van der Waals surface area contributed by atoms with Crippen molar-refractivity contribution in [1.82, 2.24) is 9.97 Å². The molecule has 0 amide bonds. The van der Waals surface area contributed by atoms with E-state index in [1.54, 1.807) is 24.3 Å². The highest BCUT2D eigenvalue weighted by Gasteiger charge is 2.21. The summed E-state index contributed by atoms with van der Waals surface area (Å²) in [6.07, 6.45) is 0. The van der Waals surface area contributed by atoms with Crippen LogP contribution in [0.4, 0.5) is 17.5 Å². The Hall–Kier alpha value is -3.21. The zero-order valence-electron chi connectivity index (χ0n) is 11.2. The van der Waals surface area contributed by atoms with Crippen molar-refractivity contribution >= 4 is 17.5 Å². The Morgan fingerprint density at radius 3 is 2.90 bits per heavy atom. The van der Waals surface area contributed by atoms with E-state index >= 15 is 0 Å². The predicted octanol–water partition coefficient (Wildman–Crippen LogP) is 1.76. The van der Waals surface area contributed by atoms with E-state index in [-0.39, 0.29) is 29.7 Å². The standard InChI is InChI=1S/C13H12N6O2/c1-8-11(19(20)21)12(18-13(15)17-8)16-7-10-4-2-3-9(5-10)6-14/h2-5H,7H2,1H3,(H3,15,16,17,18). The molecule has 3 N–H and O–H groups in total. The first kappa shape index (κ1) is 14.2. The third kappa shape index (κ3) is 3.22. The molecule has 8 nitrogen and oxygen atoms in total. The monoisotopic (exact) mass is 284 g/mol. The van der Waals surface area contributed by atoms with E-state index in [4.69, 9.17) is 11.0 Å². The van der Waals surface area contributed by atoms with Gasteiger partial charge in [0.1, 0.15) is 5.69 Å². The van der Waals surface area contributed by atoms with Crippen LogP contribution in [0.5, 0.6) is 0 Å². The molecule has 0 fully saturated rings. The zero-order valence-corrected chi connectivity index (χ0v) is 11.2. The molecule has 0 radical (unpaired) electrons. The average Bonchev–Trinajstić information content (AvgIpc) is 2.44. The summed E-state index contributed by atoms with van der Waals surface area (Å²) in [6.45, 7) is 1.78. The summed E-state index contributed by atoms with van der Waals surface area (Å²) in [5, 5.41) is 22.8. The van der Waals surface area contributed by atoms with Crippen molar-refractivity contribution in [3.63, 3.8) is 0 Å². The van der Waals surface area contributed by atoms with Crippen molar-refractivity contribution in [2.24, 2.45) is 0 Å². The zero-order chi connectivity index (χ0) is 15.4. The normalized spacial score (nSPS) is 9.90. The molecule has 2 aromatic rings. The number of nitro groups is 1. The molecule has 0 saturated carbocycles. The van der Waals surface area contributed by atoms with Crippen molar-refractivity contribution in [2.45, 2.75) is 13.5 Å². The second-order valence-electron chi connectivity index (χ2n) is 4.29. The maximum atomic E-state index is 11.1. The maximum Gasteiger partial charge on any atom is 0.332 e. The fraction of sp³-hybridized carbons (Fsp3) is 0.154. The minimum Gasteiger partial charge on any atom is -0.368 e. The van der Waals surface area contributed by atoms with Crippen LogP contribution >= 0.6 is 0 Å². The molecule has 1 heterocycles. The van der Waals surface area contributed by atoms with Crippen LogP contribution in [-0.2, 0) is 6.54 Å². The summed E-state index contributed by atoms with van der Waals surface area (Å²) >= 11 is 0. The predicted molar refractivity (Wildman–Crippen MR) is 76.3 cm³/mol. The van der Waals surface area contributed by atoms with E-state index in [2.05, 4.69) is 15.3 Å². The Bertz CT molecular complexity index is 738. The van der Waals surface area contributed by atoms with Crippen LogP contribution in [-0.4, -0.2) is 14.9 Å². The number of nitriles is 1. The number of nitrogens with one attached hydrogen (secondary N) is 1. The quantitative estimate of drug-likeness (QED) is 0.645. The first-order chi connectivity index (χ1) is 10.0. The van der Waals surface area contributed by atoms with Crippen molar-refractivity contribution < 1.29 is 4.92 Å². The van der Waals surface area contributed by atoms with Crippen molar-refractivity contribution in [3.05, 3.63) is 51.2 Å². The van der Waals surface area contributed by atoms with Gasteiger partial charge in [0.05, 0.1) is 16.6 Å². The summed E-state index contributed by atoms with van der Waals surface area (Å²) < 4.78 is 0. The Balaban J connectivity index is 2.27. The fourth-order valence-corrected chi connectivity index (χ4v) is 1.87. The molecule has 106 valence electrons. The number of aryl methyl sites for hydroxylation is 1. The summed E-state index contributed by atoms with van der Waals surface area (Å²) in [4.78, 5) is 18.2. The number of rotatable bonds is 4. The van der Waals surface area contributed by atoms with Crippen LogP contribution in [0.15, 0.2) is 24.3 Å². The first-order valence-electron chi connectivity index (χ1n) is 6.02. The lowest BCUT2D eigenvalue weighted by Crippen LogP contribution is -2.09. The van der Waals surface area contributed by atoms with Crippen LogP contribution in [0.25, 0.3) is 0 Å². The minimum atomic E-state index is -0.553. The lowest BCUT2D eigenvalue weighted by atomic mass is 10.1. The van der Waals surface area contributed by atoms with Crippen LogP contribution in [0.2, 0.25) is 0 Å². The molecule has 0 aliphatic rings. The molecule has 0 unspecified atom stereocenters. The molecule has 21 heavy (non-hydrogen) atoms. The van der Waals surface area contributed by atoms with Crippen LogP contribution in [0.1, 0.15) is 16.8 Å². The van der Waals surface area contributed by atoms with E-state index in [1.165, 1.54) is 6.92 Å². The Labute approximate surface area is 120 Å². The molecule has 0 aliphatic carbocycles. The molecular formula is C13H12N6O2. The number of nitrogen functional groups attached to an aromatic ring is 1. The minimum absolute atomic E-state index is 0.0358. The Kier molecular flexibility index (Phi) is 3.95. The topological polar surface area (TPSA) is 131 Å². The van der Waals surface area contributed by atoms with Gasteiger partial charge in [-0.1, -0.05) is 12.1 Å². The van der Waals surface area contributed by atoms with Crippen LogP contribution < -0.4 is 11.1 Å². The fourth-order valence-electron chi connectivity index (χ4n) is 1.87. The number of benzene rings is 1. The van der Waals surface area contributed by atoms with Gasteiger partial charge in [0.25, 0.3) is 0 Å². The molecule has 0 bridgehead atoms.